The van der Waals surface area contributed by atoms with E-state index in [9.17, 15) is 9.59 Å². The number of hydrogen-bond donors (Lipinski definition) is 1. The molecular weight excluding hydrogens is 547 g/mol. The van der Waals surface area contributed by atoms with Crippen molar-refractivity contribution >= 4 is 24.0 Å². The van der Waals surface area contributed by atoms with Crippen LogP contribution in [0, 0.1) is 10.8 Å². The van der Waals surface area contributed by atoms with Gasteiger partial charge < -0.3 is 34.6 Å². The molecule has 0 aliphatic carbocycles. The summed E-state index contributed by atoms with van der Waals surface area (Å²) in [5.74, 6) is -0.0383. The molecule has 2 N–H and O–H groups in total. The van der Waals surface area contributed by atoms with E-state index >= 15 is 0 Å². The fourth-order valence-corrected chi connectivity index (χ4v) is 5.35. The van der Waals surface area contributed by atoms with Gasteiger partial charge in [0.2, 0.25) is 0 Å². The van der Waals surface area contributed by atoms with Gasteiger partial charge in [0.05, 0.1) is 13.2 Å². The van der Waals surface area contributed by atoms with Crippen molar-refractivity contribution in [2.45, 2.75) is 52.9 Å². The Bertz CT molecular complexity index is 1140. The number of likely N-dealkylation sites (tertiary alicyclic amines) is 1. The number of carboxylic acid groups (broad SMARTS) is 1. The molecule has 12 heteroatoms. The number of aryl methyl sites for hydroxylation is 1. The van der Waals surface area contributed by atoms with Gasteiger partial charge in [0, 0.05) is 76.4 Å². The van der Waals surface area contributed by atoms with Crippen molar-refractivity contribution in [3.8, 4) is 0 Å². The SMILES string of the molecule is C=C(C=N/C(=C/C(=O)O)N1CC(C)(CCOC)C1)CC.CCc1cnc(N2CC3(CCOCC3)C2)c(C(=O)OC)c1.[Li+].[OH-]. The molecule has 0 unspecified atom stereocenters. The van der Waals surface area contributed by atoms with Crippen LogP contribution in [0.15, 0.2) is 41.3 Å². The molecule has 43 heavy (non-hydrogen) atoms. The first-order valence-corrected chi connectivity index (χ1v) is 14.4. The van der Waals surface area contributed by atoms with Gasteiger partial charge in [-0.15, -0.1) is 0 Å². The Morgan fingerprint density at radius 3 is 2.37 bits per heavy atom. The number of esters is 1. The van der Waals surface area contributed by atoms with Crippen LogP contribution in [0.4, 0.5) is 5.82 Å². The van der Waals surface area contributed by atoms with Crippen molar-refractivity contribution in [1.29, 1.82) is 0 Å². The van der Waals surface area contributed by atoms with Gasteiger partial charge in [0.25, 0.3) is 0 Å². The van der Waals surface area contributed by atoms with Crippen LogP contribution in [-0.2, 0) is 25.4 Å². The van der Waals surface area contributed by atoms with E-state index in [0.29, 0.717) is 16.8 Å². The Hall–Kier alpha value is -2.68. The third-order valence-electron chi connectivity index (χ3n) is 8.11. The summed E-state index contributed by atoms with van der Waals surface area (Å²) in [6, 6.07) is 1.91. The Kier molecular flexibility index (Phi) is 15.7. The van der Waals surface area contributed by atoms with Crippen LogP contribution in [0.3, 0.4) is 0 Å². The summed E-state index contributed by atoms with van der Waals surface area (Å²) in [5, 5.41) is 8.93. The minimum Gasteiger partial charge on any atom is -0.870 e. The summed E-state index contributed by atoms with van der Waals surface area (Å²) in [4.78, 5) is 35.8. The number of aliphatic carboxylic acids is 1. The van der Waals surface area contributed by atoms with E-state index in [2.05, 4.69) is 35.3 Å². The summed E-state index contributed by atoms with van der Waals surface area (Å²) in [6.07, 6.45) is 9.47. The van der Waals surface area contributed by atoms with Crippen molar-refractivity contribution in [3.05, 3.63) is 47.4 Å². The second kappa shape index (κ2) is 17.6. The number of pyridine rings is 1. The molecule has 3 saturated heterocycles. The first-order chi connectivity index (χ1) is 19.6. The number of carbonyl (C=O) groups excluding carboxylic acids is 1. The predicted octanol–water partition coefficient (Wildman–Crippen LogP) is 1.18. The molecule has 0 aromatic carbocycles. The molecule has 4 rings (SSSR count). The van der Waals surface area contributed by atoms with E-state index in [-0.39, 0.29) is 35.7 Å². The van der Waals surface area contributed by atoms with E-state index < -0.39 is 5.97 Å². The first kappa shape index (κ1) is 38.3. The Balaban J connectivity index is 0.000000412. The minimum absolute atomic E-state index is 0. The van der Waals surface area contributed by atoms with E-state index in [1.807, 2.05) is 24.1 Å². The van der Waals surface area contributed by atoms with Gasteiger partial charge in [0.1, 0.15) is 17.2 Å². The molecule has 3 aliphatic rings. The van der Waals surface area contributed by atoms with E-state index in [0.717, 1.165) is 101 Å². The molecule has 234 valence electrons. The standard InChI is InChI=1S/C16H22N2O3.C15H24N2O3.Li.H2O/c1-3-12-8-13(15(19)20-2)14(17-9-12)18-10-16(11-18)4-6-21-7-5-16;1-5-12(2)9-16-13(8-14(18)19)17-10-15(3,11-17)6-7-20-4;;/h8-9H,3-7,10-11H2,1-2H3;8-9H,2,5-7,10-11H2,1,3-4H3,(H,18,19);;1H2/q;;+1;/p-1/b;13-8-,16-9?;;. The second-order valence-corrected chi connectivity index (χ2v) is 11.5. The Morgan fingerprint density at radius 2 is 1.84 bits per heavy atom. The van der Waals surface area contributed by atoms with E-state index in [4.69, 9.17) is 19.3 Å². The van der Waals surface area contributed by atoms with Crippen LogP contribution < -0.4 is 23.8 Å². The third kappa shape index (κ3) is 10.5. The summed E-state index contributed by atoms with van der Waals surface area (Å²) in [6.45, 7) is 16.0. The summed E-state index contributed by atoms with van der Waals surface area (Å²) in [5.41, 5.74) is 3.05. The van der Waals surface area contributed by atoms with Crippen LogP contribution in [0.25, 0.3) is 0 Å². The topological polar surface area (TPSA) is 144 Å². The zero-order valence-corrected chi connectivity index (χ0v) is 26.7. The molecular formula is C31H47LiN4O7. The maximum absolute atomic E-state index is 12.0. The van der Waals surface area contributed by atoms with Gasteiger partial charge in [0.15, 0.2) is 0 Å². The number of ether oxygens (including phenoxy) is 3. The summed E-state index contributed by atoms with van der Waals surface area (Å²) < 4.78 is 15.4. The first-order valence-electron chi connectivity index (χ1n) is 14.4. The number of aliphatic imine (C=N–C) groups is 1. The normalized spacial score (nSPS) is 18.3. The molecule has 0 amide bonds. The molecule has 1 spiro atoms. The average Bonchev–Trinajstić information content (AvgIpc) is 2.95. The molecule has 0 bridgehead atoms. The molecule has 4 heterocycles. The quantitative estimate of drug-likeness (QED) is 0.172. The average molecular weight is 595 g/mol. The van der Waals surface area contributed by atoms with E-state index in [1.165, 1.54) is 7.11 Å². The number of aromatic nitrogens is 1. The number of methoxy groups -OCH3 is 2. The van der Waals surface area contributed by atoms with Crippen molar-refractivity contribution in [2.75, 3.05) is 65.1 Å². The van der Waals surface area contributed by atoms with Gasteiger partial charge in [-0.2, -0.15) is 0 Å². The molecule has 1 aromatic heterocycles. The molecule has 3 aliphatic heterocycles. The number of hydrogen-bond acceptors (Lipinski definition) is 10. The van der Waals surface area contributed by atoms with Crippen LogP contribution in [-0.4, -0.2) is 98.8 Å². The number of rotatable bonds is 11. The number of allylic oxidation sites excluding steroid dienone is 1. The molecule has 0 radical (unpaired) electrons. The van der Waals surface area contributed by atoms with Gasteiger partial charge in [-0.3, -0.25) is 0 Å². The number of nitrogens with zero attached hydrogens (tertiary/aromatic N) is 4. The minimum atomic E-state index is -0.982. The zero-order chi connectivity index (χ0) is 30.0. The van der Waals surface area contributed by atoms with Crippen LogP contribution in [0.5, 0.6) is 0 Å². The van der Waals surface area contributed by atoms with Crippen molar-refractivity contribution < 1.29 is 53.2 Å². The van der Waals surface area contributed by atoms with Crippen LogP contribution in [0.2, 0.25) is 0 Å². The van der Waals surface area contributed by atoms with Crippen LogP contribution in [0.1, 0.15) is 62.4 Å². The molecule has 1 aromatic rings. The van der Waals surface area contributed by atoms with Crippen molar-refractivity contribution in [1.82, 2.24) is 9.88 Å². The zero-order valence-electron chi connectivity index (χ0n) is 26.7. The maximum atomic E-state index is 12.0. The fraction of sp³-hybridized carbons (Fsp3) is 0.613. The van der Waals surface area contributed by atoms with Gasteiger partial charge in [-0.05, 0) is 49.3 Å². The largest absolute Gasteiger partial charge is 1.00 e. The predicted molar refractivity (Wildman–Crippen MR) is 161 cm³/mol. The second-order valence-electron chi connectivity index (χ2n) is 11.5. The smallest absolute Gasteiger partial charge is 0.870 e. The van der Waals surface area contributed by atoms with Crippen LogP contribution >= 0.6 is 0 Å². The molecule has 11 nitrogen and oxygen atoms in total. The van der Waals surface area contributed by atoms with E-state index in [1.54, 1.807) is 13.3 Å². The number of carbonyl (C=O) groups is 2. The number of anilines is 1. The monoisotopic (exact) mass is 594 g/mol. The Labute approximate surface area is 267 Å². The van der Waals surface area contributed by atoms with Gasteiger partial charge in [-0.1, -0.05) is 27.4 Å². The van der Waals surface area contributed by atoms with Crippen molar-refractivity contribution in [3.63, 3.8) is 0 Å². The molecule has 0 atom stereocenters. The third-order valence-corrected chi connectivity index (χ3v) is 8.11. The van der Waals surface area contributed by atoms with Gasteiger partial charge in [-0.25, -0.2) is 19.6 Å². The molecule has 0 saturated carbocycles. The van der Waals surface area contributed by atoms with Gasteiger partial charge >= 0.3 is 30.8 Å². The fourth-order valence-electron chi connectivity index (χ4n) is 5.35. The summed E-state index contributed by atoms with van der Waals surface area (Å²) >= 11 is 0. The van der Waals surface area contributed by atoms with Crippen molar-refractivity contribution in [2.24, 2.45) is 15.8 Å². The Morgan fingerprint density at radius 1 is 1.19 bits per heavy atom. The molecule has 3 fully saturated rings. The summed E-state index contributed by atoms with van der Waals surface area (Å²) in [7, 11) is 3.11. The number of carboxylic acids is 1. The maximum Gasteiger partial charge on any atom is 1.00 e.